The lowest BCUT2D eigenvalue weighted by atomic mass is 10.0. The Morgan fingerprint density at radius 3 is 2.27 bits per heavy atom. The van der Waals surface area contributed by atoms with Gasteiger partial charge in [0.1, 0.15) is 0 Å². The summed E-state index contributed by atoms with van der Waals surface area (Å²) in [6.45, 7) is 10.2. The van der Waals surface area contributed by atoms with Crippen molar-refractivity contribution in [2.75, 3.05) is 5.32 Å². The monoisotopic (exact) mass is 398 g/mol. The number of nitrogens with zero attached hydrogens (tertiary/aromatic N) is 3. The van der Waals surface area contributed by atoms with Crippen molar-refractivity contribution in [3.8, 4) is 5.69 Å². The molecule has 0 saturated heterocycles. The van der Waals surface area contributed by atoms with E-state index in [2.05, 4.69) is 31.2 Å². The van der Waals surface area contributed by atoms with Gasteiger partial charge in [-0.05, 0) is 62.6 Å². The molecule has 0 unspecified atom stereocenters. The summed E-state index contributed by atoms with van der Waals surface area (Å²) < 4.78 is 1.81. The van der Waals surface area contributed by atoms with Gasteiger partial charge in [0.25, 0.3) is 5.91 Å². The van der Waals surface area contributed by atoms with Crippen LogP contribution in [0.3, 0.4) is 0 Å². The van der Waals surface area contributed by atoms with Crippen LogP contribution in [0.2, 0.25) is 0 Å². The first-order valence-corrected chi connectivity index (χ1v) is 10.2. The van der Waals surface area contributed by atoms with Gasteiger partial charge in [-0.15, -0.1) is 0 Å². The number of aryl methyl sites for hydroxylation is 3. The molecule has 0 spiro atoms. The number of hydrogen-bond acceptors (Lipinski definition) is 3. The van der Waals surface area contributed by atoms with Crippen LogP contribution in [0.25, 0.3) is 16.7 Å². The van der Waals surface area contributed by atoms with Crippen molar-refractivity contribution in [3.63, 3.8) is 0 Å². The van der Waals surface area contributed by atoms with Gasteiger partial charge in [-0.2, -0.15) is 5.10 Å². The fourth-order valence-corrected chi connectivity index (χ4v) is 3.61. The molecule has 0 aliphatic rings. The fourth-order valence-electron chi connectivity index (χ4n) is 3.61. The molecule has 0 aliphatic carbocycles. The van der Waals surface area contributed by atoms with E-state index in [1.54, 1.807) is 0 Å². The number of carbonyl (C=O) groups is 1. The molecule has 152 valence electrons. The highest BCUT2D eigenvalue weighted by Crippen LogP contribution is 2.26. The summed E-state index contributed by atoms with van der Waals surface area (Å²) in [6, 6.07) is 17.9. The number of benzene rings is 2. The quantitative estimate of drug-likeness (QED) is 0.478. The number of nitrogens with one attached hydrogen (secondary N) is 1. The van der Waals surface area contributed by atoms with Crippen LogP contribution >= 0.6 is 0 Å². The minimum Gasteiger partial charge on any atom is -0.322 e. The Balaban J connectivity index is 1.75. The molecule has 0 radical (unpaired) electrons. The lowest BCUT2D eigenvalue weighted by molar-refractivity contribution is 0.102. The second-order valence-corrected chi connectivity index (χ2v) is 8.07. The van der Waals surface area contributed by atoms with Crippen molar-refractivity contribution in [2.24, 2.45) is 0 Å². The second kappa shape index (κ2) is 7.75. The maximum absolute atomic E-state index is 13.2. The predicted molar refractivity (Wildman–Crippen MR) is 122 cm³/mol. The van der Waals surface area contributed by atoms with Crippen LogP contribution in [0.1, 0.15) is 52.6 Å². The van der Waals surface area contributed by atoms with E-state index in [0.29, 0.717) is 17.1 Å². The molecule has 30 heavy (non-hydrogen) atoms. The lowest BCUT2D eigenvalue weighted by Gasteiger charge is -2.10. The van der Waals surface area contributed by atoms with E-state index in [-0.39, 0.29) is 5.91 Å². The Bertz CT molecular complexity index is 1220. The molecular weight excluding hydrogens is 372 g/mol. The lowest BCUT2D eigenvalue weighted by Crippen LogP contribution is -2.13. The van der Waals surface area contributed by atoms with E-state index in [0.717, 1.165) is 28.1 Å². The first-order valence-electron chi connectivity index (χ1n) is 10.2. The molecule has 0 aliphatic heterocycles. The third kappa shape index (κ3) is 3.71. The minimum atomic E-state index is -0.158. The van der Waals surface area contributed by atoms with Crippen LogP contribution in [0, 0.1) is 20.8 Å². The number of anilines is 1. The average Bonchev–Trinajstić information content (AvgIpc) is 3.04. The fraction of sp³-hybridized carbons (Fsp3) is 0.240. The van der Waals surface area contributed by atoms with Gasteiger partial charge in [-0.1, -0.05) is 43.7 Å². The molecule has 4 rings (SSSR count). The molecule has 5 heteroatoms. The van der Waals surface area contributed by atoms with E-state index in [1.807, 2.05) is 73.1 Å². The van der Waals surface area contributed by atoms with E-state index in [9.17, 15) is 4.79 Å². The Kier molecular flexibility index (Phi) is 5.12. The summed E-state index contributed by atoms with van der Waals surface area (Å²) in [4.78, 5) is 17.9. The van der Waals surface area contributed by atoms with E-state index < -0.39 is 0 Å². The van der Waals surface area contributed by atoms with Crippen LogP contribution in [-0.2, 0) is 0 Å². The molecule has 0 saturated carbocycles. The van der Waals surface area contributed by atoms with E-state index >= 15 is 0 Å². The van der Waals surface area contributed by atoms with Gasteiger partial charge in [-0.25, -0.2) is 9.67 Å². The Morgan fingerprint density at radius 1 is 0.967 bits per heavy atom. The number of fused-ring (bicyclic) bond motifs is 1. The molecule has 2 aromatic heterocycles. The van der Waals surface area contributed by atoms with Crippen molar-refractivity contribution >= 4 is 22.6 Å². The normalized spacial score (nSPS) is 11.3. The van der Waals surface area contributed by atoms with Crippen molar-refractivity contribution in [1.29, 1.82) is 0 Å². The Labute approximate surface area is 176 Å². The number of rotatable bonds is 4. The van der Waals surface area contributed by atoms with Gasteiger partial charge >= 0.3 is 0 Å². The maximum Gasteiger partial charge on any atom is 0.256 e. The van der Waals surface area contributed by atoms with Gasteiger partial charge in [0.2, 0.25) is 0 Å². The number of amides is 1. The van der Waals surface area contributed by atoms with Gasteiger partial charge in [-0.3, -0.25) is 4.79 Å². The summed E-state index contributed by atoms with van der Waals surface area (Å²) in [5.74, 6) is 0.293. The van der Waals surface area contributed by atoms with Crippen molar-refractivity contribution < 1.29 is 4.79 Å². The van der Waals surface area contributed by atoms with Crippen LogP contribution in [0.5, 0.6) is 0 Å². The molecule has 2 heterocycles. The zero-order valence-electron chi connectivity index (χ0n) is 18.0. The number of hydrogen-bond donors (Lipinski definition) is 1. The Hall–Kier alpha value is -3.47. The molecule has 5 nitrogen and oxygen atoms in total. The van der Waals surface area contributed by atoms with E-state index in [4.69, 9.17) is 4.98 Å². The Morgan fingerprint density at radius 2 is 1.63 bits per heavy atom. The van der Waals surface area contributed by atoms with E-state index in [1.165, 1.54) is 11.1 Å². The van der Waals surface area contributed by atoms with Gasteiger partial charge < -0.3 is 5.32 Å². The predicted octanol–water partition coefficient (Wildman–Crippen LogP) is 5.72. The summed E-state index contributed by atoms with van der Waals surface area (Å²) in [5, 5.41) is 8.49. The molecular formula is C25H26N4O. The maximum atomic E-state index is 13.2. The van der Waals surface area contributed by atoms with Crippen LogP contribution in [-0.4, -0.2) is 20.7 Å². The number of carbonyl (C=O) groups excluding carboxylic acids is 1. The number of aromatic nitrogens is 3. The van der Waals surface area contributed by atoms with Crippen molar-refractivity contribution in [1.82, 2.24) is 14.8 Å². The molecule has 0 bridgehead atoms. The third-order valence-electron chi connectivity index (χ3n) is 5.30. The first-order chi connectivity index (χ1) is 14.3. The van der Waals surface area contributed by atoms with Crippen LogP contribution in [0.15, 0.2) is 54.6 Å². The molecule has 0 atom stereocenters. The third-order valence-corrected chi connectivity index (χ3v) is 5.30. The highest BCUT2D eigenvalue weighted by molar-refractivity contribution is 6.12. The van der Waals surface area contributed by atoms with Crippen LogP contribution in [0.4, 0.5) is 5.69 Å². The summed E-state index contributed by atoms with van der Waals surface area (Å²) in [6.07, 6.45) is 0. The molecule has 2 aromatic carbocycles. The SMILES string of the molecule is Cc1ccc(-n2nc(C)c3c(C(=O)Nc4ccc(C(C)C)cc4)cc(C)nc32)cc1. The largest absolute Gasteiger partial charge is 0.322 e. The second-order valence-electron chi connectivity index (χ2n) is 8.07. The summed E-state index contributed by atoms with van der Waals surface area (Å²) in [5.41, 5.74) is 6.94. The zero-order valence-corrected chi connectivity index (χ0v) is 18.0. The molecule has 4 aromatic rings. The number of pyridine rings is 1. The summed E-state index contributed by atoms with van der Waals surface area (Å²) >= 11 is 0. The van der Waals surface area contributed by atoms with Gasteiger partial charge in [0, 0.05) is 11.4 Å². The van der Waals surface area contributed by atoms with Crippen molar-refractivity contribution in [2.45, 2.75) is 40.5 Å². The highest BCUT2D eigenvalue weighted by atomic mass is 16.1. The van der Waals surface area contributed by atoms with Gasteiger partial charge in [0.15, 0.2) is 5.65 Å². The molecule has 0 fully saturated rings. The van der Waals surface area contributed by atoms with Crippen LogP contribution < -0.4 is 5.32 Å². The summed E-state index contributed by atoms with van der Waals surface area (Å²) in [7, 11) is 0. The minimum absolute atomic E-state index is 0.158. The smallest absolute Gasteiger partial charge is 0.256 e. The molecule has 1 amide bonds. The topological polar surface area (TPSA) is 59.8 Å². The van der Waals surface area contributed by atoms with Gasteiger partial charge in [0.05, 0.1) is 22.3 Å². The standard InChI is InChI=1S/C25H26N4O/c1-15(2)19-8-10-20(11-9-19)27-25(30)22-14-17(4)26-24-23(22)18(5)28-29(24)21-12-6-16(3)7-13-21/h6-15H,1-5H3,(H,27,30). The highest BCUT2D eigenvalue weighted by Gasteiger charge is 2.19. The van der Waals surface area contributed by atoms with Crippen molar-refractivity contribution in [3.05, 3.63) is 82.7 Å². The average molecular weight is 399 g/mol. The first kappa shape index (κ1) is 19.8. The zero-order chi connectivity index (χ0) is 21.4. The molecule has 1 N–H and O–H groups in total.